The van der Waals surface area contributed by atoms with Crippen LogP contribution in [0, 0.1) is 10.1 Å². The van der Waals surface area contributed by atoms with Crippen molar-refractivity contribution in [3.05, 3.63) is 50.8 Å². The lowest BCUT2D eigenvalue weighted by atomic mass is 10.3. The van der Waals surface area contributed by atoms with Gasteiger partial charge in [0.15, 0.2) is 0 Å². The summed E-state index contributed by atoms with van der Waals surface area (Å²) in [5.41, 5.74) is 1.80. The summed E-state index contributed by atoms with van der Waals surface area (Å²) in [6.45, 7) is 2.27. The number of aromatic nitrogens is 2. The first-order chi connectivity index (χ1) is 9.51. The van der Waals surface area contributed by atoms with E-state index in [1.807, 2.05) is 20.0 Å². The molecule has 0 fully saturated rings. The number of hydrogen-bond donors (Lipinski definition) is 0. The first-order valence-corrected chi connectivity index (χ1v) is 6.47. The van der Waals surface area contributed by atoms with Crippen LogP contribution in [0.25, 0.3) is 0 Å². The van der Waals surface area contributed by atoms with Crippen LogP contribution in [-0.4, -0.2) is 14.7 Å². The van der Waals surface area contributed by atoms with Crippen LogP contribution in [0.3, 0.4) is 0 Å². The van der Waals surface area contributed by atoms with Crippen LogP contribution >= 0.6 is 11.6 Å². The number of nitrogens with zero attached hydrogens (tertiary/aromatic N) is 3. The molecule has 0 amide bonds. The number of rotatable bonds is 5. The number of halogens is 1. The van der Waals surface area contributed by atoms with E-state index in [2.05, 4.69) is 5.10 Å². The molecule has 1 heterocycles. The normalized spacial score (nSPS) is 10.6. The molecule has 1 aromatic heterocycles. The Labute approximate surface area is 121 Å². The van der Waals surface area contributed by atoms with Crippen LogP contribution in [0.1, 0.15) is 18.3 Å². The predicted molar refractivity (Wildman–Crippen MR) is 75.0 cm³/mol. The van der Waals surface area contributed by atoms with Crippen molar-refractivity contribution < 1.29 is 9.66 Å². The number of aryl methyl sites for hydroxylation is 2. The zero-order valence-electron chi connectivity index (χ0n) is 11.2. The quantitative estimate of drug-likeness (QED) is 0.627. The summed E-state index contributed by atoms with van der Waals surface area (Å²) in [4.78, 5) is 10.2. The highest BCUT2D eigenvalue weighted by Crippen LogP contribution is 2.29. The number of non-ortho nitro benzene ring substituents is 1. The molecule has 6 nitrogen and oxygen atoms in total. The number of benzene rings is 1. The largest absolute Gasteiger partial charge is 0.485 e. The number of nitro benzene ring substituents is 1. The average Bonchev–Trinajstić information content (AvgIpc) is 2.78. The van der Waals surface area contributed by atoms with Crippen molar-refractivity contribution in [3.8, 4) is 5.75 Å². The molecule has 0 bridgehead atoms. The zero-order chi connectivity index (χ0) is 14.7. The lowest BCUT2D eigenvalue weighted by Gasteiger charge is -2.07. The fourth-order valence-corrected chi connectivity index (χ4v) is 1.92. The smallest absolute Gasteiger partial charge is 0.273 e. The highest BCUT2D eigenvalue weighted by Gasteiger charge is 2.12. The average molecular weight is 296 g/mol. The number of ether oxygens (including phenoxy) is 1. The van der Waals surface area contributed by atoms with Gasteiger partial charge in [0.1, 0.15) is 12.4 Å². The van der Waals surface area contributed by atoms with E-state index >= 15 is 0 Å². The monoisotopic (exact) mass is 295 g/mol. The van der Waals surface area contributed by atoms with E-state index in [0.717, 1.165) is 17.8 Å². The molecule has 0 aliphatic carbocycles. The highest BCUT2D eigenvalue weighted by molar-refractivity contribution is 6.32. The van der Waals surface area contributed by atoms with Crippen molar-refractivity contribution >= 4 is 17.3 Å². The molecule has 0 aliphatic rings. The van der Waals surface area contributed by atoms with E-state index < -0.39 is 4.92 Å². The fraction of sp³-hybridized carbons (Fsp3) is 0.308. The molecule has 0 N–H and O–H groups in total. The number of hydrogen-bond acceptors (Lipinski definition) is 4. The molecule has 0 saturated heterocycles. The van der Waals surface area contributed by atoms with Crippen molar-refractivity contribution in [2.75, 3.05) is 0 Å². The Kier molecular flexibility index (Phi) is 4.24. The molecule has 1 aromatic carbocycles. The van der Waals surface area contributed by atoms with Crippen molar-refractivity contribution in [2.45, 2.75) is 20.0 Å². The van der Waals surface area contributed by atoms with Gasteiger partial charge in [0.05, 0.1) is 27.4 Å². The molecule has 0 aliphatic heterocycles. The van der Waals surface area contributed by atoms with Gasteiger partial charge in [-0.1, -0.05) is 18.5 Å². The zero-order valence-corrected chi connectivity index (χ0v) is 11.9. The van der Waals surface area contributed by atoms with Crippen molar-refractivity contribution in [1.29, 1.82) is 0 Å². The van der Waals surface area contributed by atoms with Crippen LogP contribution in [0.15, 0.2) is 24.3 Å². The van der Waals surface area contributed by atoms with E-state index in [9.17, 15) is 10.1 Å². The summed E-state index contributed by atoms with van der Waals surface area (Å²) in [7, 11) is 1.83. The van der Waals surface area contributed by atoms with Gasteiger partial charge in [-0.15, -0.1) is 0 Å². The van der Waals surface area contributed by atoms with E-state index in [1.165, 1.54) is 18.2 Å². The van der Waals surface area contributed by atoms with Gasteiger partial charge in [-0.2, -0.15) is 5.10 Å². The maximum Gasteiger partial charge on any atom is 0.273 e. The molecule has 0 unspecified atom stereocenters. The minimum atomic E-state index is -0.484. The molecule has 7 heteroatoms. The lowest BCUT2D eigenvalue weighted by molar-refractivity contribution is -0.384. The van der Waals surface area contributed by atoms with Gasteiger partial charge in [0.25, 0.3) is 5.69 Å². The van der Waals surface area contributed by atoms with E-state index in [0.29, 0.717) is 10.8 Å². The first kappa shape index (κ1) is 14.3. The Morgan fingerprint density at radius 3 is 2.80 bits per heavy atom. The molecular weight excluding hydrogens is 282 g/mol. The SMILES string of the molecule is CCc1cc(COc2cc([N+](=O)[O-])ccc2Cl)n(C)n1. The summed E-state index contributed by atoms with van der Waals surface area (Å²) in [5.74, 6) is 0.292. The number of nitro groups is 1. The standard InChI is InChI=1S/C13H14ClN3O3/c1-3-9-6-11(16(2)15-9)8-20-13-7-10(17(18)19)4-5-12(13)14/h4-7H,3,8H2,1-2H3. The topological polar surface area (TPSA) is 70.2 Å². The summed E-state index contributed by atoms with van der Waals surface area (Å²) < 4.78 is 7.28. The maximum absolute atomic E-state index is 10.7. The van der Waals surface area contributed by atoms with Crippen LogP contribution in [0.5, 0.6) is 5.75 Å². The van der Waals surface area contributed by atoms with Gasteiger partial charge in [-0.25, -0.2) is 0 Å². The molecule has 20 heavy (non-hydrogen) atoms. The third kappa shape index (κ3) is 3.08. The van der Waals surface area contributed by atoms with Crippen LogP contribution in [0.2, 0.25) is 5.02 Å². The van der Waals surface area contributed by atoms with Gasteiger partial charge in [0.2, 0.25) is 0 Å². The molecule has 0 spiro atoms. The lowest BCUT2D eigenvalue weighted by Crippen LogP contribution is -2.03. The Bertz CT molecular complexity index is 640. The minimum Gasteiger partial charge on any atom is -0.485 e. The van der Waals surface area contributed by atoms with E-state index in [4.69, 9.17) is 16.3 Å². The van der Waals surface area contributed by atoms with Crippen molar-refractivity contribution in [3.63, 3.8) is 0 Å². The van der Waals surface area contributed by atoms with Crippen LogP contribution < -0.4 is 4.74 Å². The van der Waals surface area contributed by atoms with Crippen molar-refractivity contribution in [2.24, 2.45) is 7.05 Å². The molecular formula is C13H14ClN3O3. The van der Waals surface area contributed by atoms with Gasteiger partial charge in [-0.05, 0) is 18.6 Å². The Morgan fingerprint density at radius 2 is 2.20 bits per heavy atom. The first-order valence-electron chi connectivity index (χ1n) is 6.09. The second-order valence-corrected chi connectivity index (χ2v) is 4.67. The van der Waals surface area contributed by atoms with Gasteiger partial charge in [0, 0.05) is 13.1 Å². The molecule has 0 atom stereocenters. The predicted octanol–water partition coefficient (Wildman–Crippen LogP) is 3.12. The summed E-state index contributed by atoms with van der Waals surface area (Å²) in [5, 5.41) is 15.4. The van der Waals surface area contributed by atoms with Gasteiger partial charge < -0.3 is 4.74 Å². The summed E-state index contributed by atoms with van der Waals surface area (Å²) in [6.07, 6.45) is 0.839. The fourth-order valence-electron chi connectivity index (χ4n) is 1.75. The molecule has 106 valence electrons. The van der Waals surface area contributed by atoms with E-state index in [1.54, 1.807) is 4.68 Å². The summed E-state index contributed by atoms with van der Waals surface area (Å²) in [6, 6.07) is 6.05. The highest BCUT2D eigenvalue weighted by atomic mass is 35.5. The molecule has 0 radical (unpaired) electrons. The molecule has 0 saturated carbocycles. The Morgan fingerprint density at radius 1 is 1.45 bits per heavy atom. The Hall–Kier alpha value is -2.08. The van der Waals surface area contributed by atoms with Crippen molar-refractivity contribution in [1.82, 2.24) is 9.78 Å². The molecule has 2 aromatic rings. The van der Waals surface area contributed by atoms with Gasteiger partial charge >= 0.3 is 0 Å². The van der Waals surface area contributed by atoms with E-state index in [-0.39, 0.29) is 12.3 Å². The second-order valence-electron chi connectivity index (χ2n) is 4.26. The van der Waals surface area contributed by atoms with Gasteiger partial charge in [-0.3, -0.25) is 14.8 Å². The second kappa shape index (κ2) is 5.92. The van der Waals surface area contributed by atoms with Crippen LogP contribution in [0.4, 0.5) is 5.69 Å². The minimum absolute atomic E-state index is 0.0522. The third-order valence-electron chi connectivity index (χ3n) is 2.89. The maximum atomic E-state index is 10.7. The summed E-state index contributed by atoms with van der Waals surface area (Å²) >= 11 is 5.97. The molecule has 2 rings (SSSR count). The van der Waals surface area contributed by atoms with Crippen LogP contribution in [-0.2, 0) is 20.1 Å². The third-order valence-corrected chi connectivity index (χ3v) is 3.20. The Balaban J connectivity index is 2.15.